The van der Waals surface area contributed by atoms with E-state index in [-0.39, 0.29) is 11.4 Å². The van der Waals surface area contributed by atoms with Gasteiger partial charge in [0.2, 0.25) is 0 Å². The van der Waals surface area contributed by atoms with E-state index in [4.69, 9.17) is 9.40 Å². The molecule has 0 aliphatic carbocycles. The molecule has 28 heavy (non-hydrogen) atoms. The number of para-hydroxylation sites is 1. The van der Waals surface area contributed by atoms with Gasteiger partial charge in [-0.2, -0.15) is 0 Å². The predicted octanol–water partition coefficient (Wildman–Crippen LogP) is 3.07. The molecule has 1 aliphatic rings. The van der Waals surface area contributed by atoms with Crippen LogP contribution in [0.3, 0.4) is 0 Å². The summed E-state index contributed by atoms with van der Waals surface area (Å²) in [6.07, 6.45) is 2.31. The first-order valence-corrected chi connectivity index (χ1v) is 10.4. The van der Waals surface area contributed by atoms with Crippen LogP contribution in [0.25, 0.3) is 21.2 Å². The second kappa shape index (κ2) is 7.04. The van der Waals surface area contributed by atoms with Crippen molar-refractivity contribution in [3.8, 4) is 5.75 Å². The summed E-state index contributed by atoms with van der Waals surface area (Å²) in [7, 11) is 0. The van der Waals surface area contributed by atoms with E-state index in [0.29, 0.717) is 11.5 Å². The Balaban J connectivity index is 1.41. The lowest BCUT2D eigenvalue weighted by molar-refractivity contribution is -0.919. The highest BCUT2D eigenvalue weighted by molar-refractivity contribution is 7.18. The smallest absolute Gasteiger partial charge is 0.336 e. The molecule has 5 rings (SSSR count). The third-order valence-corrected chi connectivity index (χ3v) is 6.73. The van der Waals surface area contributed by atoms with E-state index >= 15 is 0 Å². The van der Waals surface area contributed by atoms with Gasteiger partial charge >= 0.3 is 5.63 Å². The first kappa shape index (κ1) is 17.4. The van der Waals surface area contributed by atoms with Crippen LogP contribution in [0.1, 0.15) is 29.3 Å². The van der Waals surface area contributed by atoms with Crippen molar-refractivity contribution in [2.45, 2.75) is 25.3 Å². The molecule has 0 radical (unpaired) electrons. The quantitative estimate of drug-likeness (QED) is 0.525. The number of nitrogens with zero attached hydrogens (tertiary/aromatic N) is 1. The Morgan fingerprint density at radius 3 is 3.00 bits per heavy atom. The van der Waals surface area contributed by atoms with Crippen LogP contribution in [0.15, 0.2) is 57.7 Å². The van der Waals surface area contributed by atoms with E-state index in [1.807, 2.05) is 12.1 Å². The number of likely N-dealkylation sites (tertiary alicyclic amines) is 1. The molecular weight excluding hydrogens is 372 g/mol. The van der Waals surface area contributed by atoms with Gasteiger partial charge < -0.3 is 14.4 Å². The maximum absolute atomic E-state index is 12.0. The molecule has 4 aromatic rings. The molecular formula is C22H21N2O3S+. The molecule has 1 aliphatic heterocycles. The molecule has 1 fully saturated rings. The highest BCUT2D eigenvalue weighted by Crippen LogP contribution is 2.30. The van der Waals surface area contributed by atoms with Crippen molar-refractivity contribution < 1.29 is 14.4 Å². The van der Waals surface area contributed by atoms with Crippen LogP contribution in [0.5, 0.6) is 5.75 Å². The lowest BCUT2D eigenvalue weighted by atomic mass is 9.98. The van der Waals surface area contributed by atoms with E-state index in [9.17, 15) is 9.90 Å². The number of phenols is 1. The Bertz CT molecular complexity index is 1180. The predicted molar refractivity (Wildman–Crippen MR) is 110 cm³/mol. The van der Waals surface area contributed by atoms with Crippen molar-refractivity contribution in [3.63, 3.8) is 0 Å². The van der Waals surface area contributed by atoms with Gasteiger partial charge in [-0.05, 0) is 37.1 Å². The summed E-state index contributed by atoms with van der Waals surface area (Å²) in [4.78, 5) is 18.3. The summed E-state index contributed by atoms with van der Waals surface area (Å²) in [6.45, 7) is 2.87. The summed E-state index contributed by atoms with van der Waals surface area (Å²) in [5.74, 6) is 0.561. The first-order chi connectivity index (χ1) is 13.7. The van der Waals surface area contributed by atoms with Gasteiger partial charge in [0.1, 0.15) is 22.9 Å². The van der Waals surface area contributed by atoms with Crippen LogP contribution in [-0.4, -0.2) is 23.2 Å². The SMILES string of the molecule is O=c1cc(C[NH+]2CCC[C@@H](c3nc4ccccc4s3)C2)c2ccc(O)cc2o1. The standard InChI is InChI=1S/C22H20N2O3S/c25-16-7-8-17-15(10-21(26)27-19(17)11-16)13-24-9-3-4-14(12-24)22-23-18-5-1-2-6-20(18)28-22/h1-2,5-8,10-11,14,25H,3-4,9,12-13H2/p+1/t14-/m1/s1. The number of hydrogen-bond donors (Lipinski definition) is 2. The van der Waals surface area contributed by atoms with Crippen molar-refractivity contribution in [2.75, 3.05) is 13.1 Å². The molecule has 3 heterocycles. The van der Waals surface area contributed by atoms with Gasteiger partial charge in [0.25, 0.3) is 0 Å². The Morgan fingerprint density at radius 1 is 1.21 bits per heavy atom. The second-order valence-corrected chi connectivity index (χ2v) is 8.57. The highest BCUT2D eigenvalue weighted by Gasteiger charge is 2.27. The van der Waals surface area contributed by atoms with Crippen LogP contribution in [0, 0.1) is 0 Å². The van der Waals surface area contributed by atoms with E-state index in [2.05, 4.69) is 18.2 Å². The monoisotopic (exact) mass is 393 g/mol. The van der Waals surface area contributed by atoms with Gasteiger partial charge in [0.15, 0.2) is 0 Å². The minimum absolute atomic E-state index is 0.106. The van der Waals surface area contributed by atoms with Crippen molar-refractivity contribution in [2.24, 2.45) is 0 Å². The third kappa shape index (κ3) is 3.30. The molecule has 142 valence electrons. The summed E-state index contributed by atoms with van der Waals surface area (Å²) in [5, 5.41) is 11.8. The zero-order valence-corrected chi connectivity index (χ0v) is 16.2. The Morgan fingerprint density at radius 2 is 2.11 bits per heavy atom. The molecule has 2 aromatic carbocycles. The lowest BCUT2D eigenvalue weighted by Crippen LogP contribution is -3.12. The number of aromatic hydroxyl groups is 1. The average Bonchev–Trinajstić information content (AvgIpc) is 3.12. The van der Waals surface area contributed by atoms with Crippen LogP contribution in [-0.2, 0) is 6.54 Å². The number of benzene rings is 2. The van der Waals surface area contributed by atoms with Gasteiger partial charge in [0.05, 0.1) is 29.2 Å². The van der Waals surface area contributed by atoms with E-state index < -0.39 is 0 Å². The molecule has 2 aromatic heterocycles. The molecule has 2 atom stereocenters. The summed E-state index contributed by atoms with van der Waals surface area (Å²) < 4.78 is 6.51. The molecule has 0 amide bonds. The van der Waals surface area contributed by atoms with E-state index in [0.717, 1.165) is 48.9 Å². The number of nitrogens with one attached hydrogen (secondary N) is 1. The fraction of sp³-hybridized carbons (Fsp3) is 0.273. The fourth-order valence-electron chi connectivity index (χ4n) is 4.22. The molecule has 1 saturated heterocycles. The number of thiazole rings is 1. The van der Waals surface area contributed by atoms with Crippen LogP contribution >= 0.6 is 11.3 Å². The Hall–Kier alpha value is -2.70. The minimum Gasteiger partial charge on any atom is -0.508 e. The van der Waals surface area contributed by atoms with Crippen LogP contribution in [0.4, 0.5) is 0 Å². The van der Waals surface area contributed by atoms with Gasteiger partial charge in [-0.3, -0.25) is 0 Å². The number of hydrogen-bond acceptors (Lipinski definition) is 5. The lowest BCUT2D eigenvalue weighted by Gasteiger charge is -2.29. The summed E-state index contributed by atoms with van der Waals surface area (Å²) >= 11 is 1.80. The van der Waals surface area contributed by atoms with Crippen molar-refractivity contribution >= 4 is 32.5 Å². The minimum atomic E-state index is -0.368. The maximum atomic E-state index is 12.0. The van der Waals surface area contributed by atoms with E-state index in [1.54, 1.807) is 23.5 Å². The fourth-order valence-corrected chi connectivity index (χ4v) is 5.32. The number of quaternary nitrogens is 1. The van der Waals surface area contributed by atoms with Gasteiger partial charge in [-0.25, -0.2) is 9.78 Å². The molecule has 5 nitrogen and oxygen atoms in total. The van der Waals surface area contributed by atoms with Crippen LogP contribution < -0.4 is 10.5 Å². The molecule has 6 heteroatoms. The third-order valence-electron chi connectivity index (χ3n) is 5.53. The van der Waals surface area contributed by atoms with Crippen molar-refractivity contribution in [3.05, 3.63) is 69.5 Å². The highest BCUT2D eigenvalue weighted by atomic mass is 32.1. The number of rotatable bonds is 3. The summed E-state index contributed by atoms with van der Waals surface area (Å²) in [5.41, 5.74) is 2.14. The number of aromatic nitrogens is 1. The molecule has 1 unspecified atom stereocenters. The average molecular weight is 393 g/mol. The molecule has 0 spiro atoms. The number of phenolic OH excluding ortho intramolecular Hbond substituents is 1. The zero-order valence-electron chi connectivity index (χ0n) is 15.4. The van der Waals surface area contributed by atoms with Crippen molar-refractivity contribution in [1.82, 2.24) is 4.98 Å². The van der Waals surface area contributed by atoms with Crippen LogP contribution in [0.2, 0.25) is 0 Å². The summed E-state index contributed by atoms with van der Waals surface area (Å²) in [6, 6.07) is 14.9. The Labute approximate surface area is 165 Å². The van der Waals surface area contributed by atoms with Gasteiger partial charge in [-0.1, -0.05) is 12.1 Å². The van der Waals surface area contributed by atoms with E-state index in [1.165, 1.54) is 20.7 Å². The second-order valence-electron chi connectivity index (χ2n) is 7.51. The normalized spacial score (nSPS) is 20.0. The van der Waals surface area contributed by atoms with Gasteiger partial charge in [0, 0.05) is 23.1 Å². The molecule has 0 saturated carbocycles. The number of fused-ring (bicyclic) bond motifs is 2. The Kier molecular flexibility index (Phi) is 4.37. The molecule has 2 N–H and O–H groups in total. The zero-order chi connectivity index (χ0) is 19.1. The van der Waals surface area contributed by atoms with Gasteiger partial charge in [-0.15, -0.1) is 11.3 Å². The maximum Gasteiger partial charge on any atom is 0.336 e. The largest absolute Gasteiger partial charge is 0.508 e. The first-order valence-electron chi connectivity index (χ1n) is 9.60. The topological polar surface area (TPSA) is 67.8 Å². The number of piperidine rings is 1. The molecule has 0 bridgehead atoms. The van der Waals surface area contributed by atoms with Crippen molar-refractivity contribution in [1.29, 1.82) is 0 Å².